The minimum Gasteiger partial charge on any atom is -0.260 e. The fourth-order valence-corrected chi connectivity index (χ4v) is 3.03. The van der Waals surface area contributed by atoms with Gasteiger partial charge >= 0.3 is 0 Å². The van der Waals surface area contributed by atoms with Crippen molar-refractivity contribution in [2.45, 2.75) is 18.7 Å². The molecule has 3 nitrogen and oxygen atoms in total. The summed E-state index contributed by atoms with van der Waals surface area (Å²) in [6.07, 6.45) is 1.67. The summed E-state index contributed by atoms with van der Waals surface area (Å²) in [7, 11) is -3.26. The smallest absolute Gasteiger partial charge is 0.179 e. The lowest BCUT2D eigenvalue weighted by molar-refractivity contribution is 0.596. The lowest BCUT2D eigenvalue weighted by Crippen LogP contribution is -2.07. The Morgan fingerprint density at radius 3 is 2.37 bits per heavy atom. The number of benzene rings is 1. The van der Waals surface area contributed by atoms with Gasteiger partial charge in [-0.1, -0.05) is 30.7 Å². The predicted molar refractivity (Wildman–Crippen MR) is 77.1 cm³/mol. The van der Waals surface area contributed by atoms with Gasteiger partial charge in [-0.15, -0.1) is 0 Å². The van der Waals surface area contributed by atoms with Crippen molar-refractivity contribution in [1.82, 2.24) is 4.98 Å². The molecule has 0 N–H and O–H groups in total. The summed E-state index contributed by atoms with van der Waals surface area (Å²) < 4.78 is 24.0. The molecule has 0 aliphatic rings. The lowest BCUT2D eigenvalue weighted by atomic mass is 10.1. The molecule has 1 heterocycles. The molecule has 5 heteroatoms. The monoisotopic (exact) mass is 295 g/mol. The largest absolute Gasteiger partial charge is 0.260 e. The average Bonchev–Trinajstić information content (AvgIpc) is 2.40. The van der Waals surface area contributed by atoms with Crippen molar-refractivity contribution in [2.75, 3.05) is 5.75 Å². The van der Waals surface area contributed by atoms with Crippen molar-refractivity contribution >= 4 is 21.4 Å². The van der Waals surface area contributed by atoms with Crippen LogP contribution >= 0.6 is 11.6 Å². The highest BCUT2D eigenvalue weighted by atomic mass is 35.5. The third kappa shape index (κ3) is 2.96. The van der Waals surface area contributed by atoms with Crippen molar-refractivity contribution in [3.8, 4) is 11.1 Å². The Labute approximate surface area is 118 Å². The van der Waals surface area contributed by atoms with Gasteiger partial charge in [-0.3, -0.25) is 4.98 Å². The molecular weight excluding hydrogens is 282 g/mol. The summed E-state index contributed by atoms with van der Waals surface area (Å²) >= 11 is 5.84. The van der Waals surface area contributed by atoms with Gasteiger partial charge in [-0.2, -0.15) is 0 Å². The maximum absolute atomic E-state index is 12.0. The van der Waals surface area contributed by atoms with E-state index in [1.165, 1.54) is 0 Å². The first kappa shape index (κ1) is 14.0. The van der Waals surface area contributed by atoms with Crippen LogP contribution in [-0.4, -0.2) is 19.2 Å². The number of sulfone groups is 1. The molecule has 1 aromatic carbocycles. The minimum atomic E-state index is -3.26. The average molecular weight is 296 g/mol. The molecule has 2 rings (SSSR count). The van der Waals surface area contributed by atoms with E-state index in [9.17, 15) is 8.42 Å². The van der Waals surface area contributed by atoms with Gasteiger partial charge in [0.15, 0.2) is 9.84 Å². The third-order valence-electron chi connectivity index (χ3n) is 2.93. The fourth-order valence-electron chi connectivity index (χ4n) is 1.78. The molecule has 0 bridgehead atoms. The van der Waals surface area contributed by atoms with Crippen LogP contribution in [0.4, 0.5) is 0 Å². The molecule has 0 saturated carbocycles. The number of pyridine rings is 1. The van der Waals surface area contributed by atoms with Gasteiger partial charge in [0.1, 0.15) is 0 Å². The summed E-state index contributed by atoms with van der Waals surface area (Å²) in [6.45, 7) is 3.33. The number of hydrogen-bond acceptors (Lipinski definition) is 3. The molecule has 0 amide bonds. The molecule has 0 unspecified atom stereocenters. The number of hydrogen-bond donors (Lipinski definition) is 0. The Kier molecular flexibility index (Phi) is 3.92. The van der Waals surface area contributed by atoms with Crippen LogP contribution in [0.25, 0.3) is 11.1 Å². The Morgan fingerprint density at radius 2 is 1.79 bits per heavy atom. The first-order valence-electron chi connectivity index (χ1n) is 5.89. The molecule has 0 fully saturated rings. The van der Waals surface area contributed by atoms with Crippen LogP contribution in [0.5, 0.6) is 0 Å². The first-order valence-corrected chi connectivity index (χ1v) is 7.92. The number of nitrogens with zero attached hydrogens (tertiary/aromatic N) is 1. The van der Waals surface area contributed by atoms with E-state index < -0.39 is 9.84 Å². The highest BCUT2D eigenvalue weighted by molar-refractivity contribution is 7.91. The number of halogens is 1. The second kappa shape index (κ2) is 5.31. The van der Waals surface area contributed by atoms with E-state index in [4.69, 9.17) is 11.6 Å². The van der Waals surface area contributed by atoms with Crippen LogP contribution in [-0.2, 0) is 9.84 Å². The Morgan fingerprint density at radius 1 is 1.16 bits per heavy atom. The zero-order valence-corrected chi connectivity index (χ0v) is 12.3. The van der Waals surface area contributed by atoms with Crippen molar-refractivity contribution in [3.05, 3.63) is 47.2 Å². The van der Waals surface area contributed by atoms with Crippen LogP contribution in [0.15, 0.2) is 41.4 Å². The Bertz CT molecular complexity index is 694. The molecule has 1 aromatic heterocycles. The summed E-state index contributed by atoms with van der Waals surface area (Å²) in [4.78, 5) is 4.47. The molecule has 0 spiro atoms. The molecule has 2 aromatic rings. The Balaban J connectivity index is 2.56. The van der Waals surface area contributed by atoms with Gasteiger partial charge in [0.2, 0.25) is 0 Å². The van der Waals surface area contributed by atoms with Crippen LogP contribution in [0, 0.1) is 6.92 Å². The van der Waals surface area contributed by atoms with Gasteiger partial charge in [0.05, 0.1) is 16.3 Å². The molecule has 0 atom stereocenters. The lowest BCUT2D eigenvalue weighted by Gasteiger charge is -2.08. The molecule has 0 aliphatic carbocycles. The summed E-state index contributed by atoms with van der Waals surface area (Å²) in [6, 6.07) is 8.90. The normalized spacial score (nSPS) is 11.5. The molecule has 0 aliphatic heterocycles. The maximum atomic E-state index is 12.0. The van der Waals surface area contributed by atoms with Crippen molar-refractivity contribution in [1.29, 1.82) is 0 Å². The van der Waals surface area contributed by atoms with E-state index in [1.54, 1.807) is 38.2 Å². The molecular formula is C14H14ClNO2S. The highest BCUT2D eigenvalue weighted by Gasteiger charge is 2.16. The standard InChI is InChI=1S/C14H14ClNO2S/c1-3-19(17,18)14-8-12(9-16-10(14)2)11-4-6-13(15)7-5-11/h4-9H,3H2,1-2H3. The van der Waals surface area contributed by atoms with E-state index in [1.807, 2.05) is 12.1 Å². The van der Waals surface area contributed by atoms with Gasteiger partial charge in [0, 0.05) is 16.8 Å². The van der Waals surface area contributed by atoms with E-state index in [0.717, 1.165) is 11.1 Å². The highest BCUT2D eigenvalue weighted by Crippen LogP contribution is 2.25. The second-order valence-corrected chi connectivity index (χ2v) is 6.90. The zero-order chi connectivity index (χ0) is 14.0. The molecule has 0 saturated heterocycles. The summed E-state index contributed by atoms with van der Waals surface area (Å²) in [5.74, 6) is 0.0690. The van der Waals surface area contributed by atoms with Crippen LogP contribution in [0.3, 0.4) is 0 Å². The summed E-state index contributed by atoms with van der Waals surface area (Å²) in [5.41, 5.74) is 2.19. The summed E-state index contributed by atoms with van der Waals surface area (Å²) in [5, 5.41) is 0.644. The fraction of sp³-hybridized carbons (Fsp3) is 0.214. The minimum absolute atomic E-state index is 0.0690. The zero-order valence-electron chi connectivity index (χ0n) is 10.7. The Hall–Kier alpha value is -1.39. The number of aryl methyl sites for hydroxylation is 1. The third-order valence-corrected chi connectivity index (χ3v) is 5.03. The van der Waals surface area contributed by atoms with E-state index in [2.05, 4.69) is 4.98 Å². The topological polar surface area (TPSA) is 47.0 Å². The van der Waals surface area contributed by atoms with E-state index in [0.29, 0.717) is 15.6 Å². The SMILES string of the molecule is CCS(=O)(=O)c1cc(-c2ccc(Cl)cc2)cnc1C. The van der Waals surface area contributed by atoms with Crippen molar-refractivity contribution in [3.63, 3.8) is 0 Å². The number of rotatable bonds is 3. The van der Waals surface area contributed by atoms with Gasteiger partial charge < -0.3 is 0 Å². The predicted octanol–water partition coefficient (Wildman–Crippen LogP) is 3.50. The maximum Gasteiger partial charge on any atom is 0.179 e. The van der Waals surface area contributed by atoms with E-state index >= 15 is 0 Å². The molecule has 0 radical (unpaired) electrons. The van der Waals surface area contributed by atoms with Crippen molar-refractivity contribution in [2.24, 2.45) is 0 Å². The second-order valence-electron chi connectivity index (χ2n) is 4.22. The van der Waals surface area contributed by atoms with E-state index in [-0.39, 0.29) is 5.75 Å². The van der Waals surface area contributed by atoms with Gasteiger partial charge in [-0.25, -0.2) is 8.42 Å². The molecule has 100 valence electrons. The first-order chi connectivity index (χ1) is 8.94. The van der Waals surface area contributed by atoms with Crippen LogP contribution in [0.1, 0.15) is 12.6 Å². The number of aromatic nitrogens is 1. The van der Waals surface area contributed by atoms with Crippen molar-refractivity contribution < 1.29 is 8.42 Å². The van der Waals surface area contributed by atoms with Crippen LogP contribution in [0.2, 0.25) is 5.02 Å². The van der Waals surface area contributed by atoms with Gasteiger partial charge in [-0.05, 0) is 30.7 Å². The van der Waals surface area contributed by atoms with Gasteiger partial charge in [0.25, 0.3) is 0 Å². The van der Waals surface area contributed by atoms with Crippen LogP contribution < -0.4 is 0 Å². The molecule has 19 heavy (non-hydrogen) atoms. The quantitative estimate of drug-likeness (QED) is 0.870.